The van der Waals surface area contributed by atoms with Crippen molar-refractivity contribution < 1.29 is 0 Å². The Balaban J connectivity index is 0.836. The van der Waals surface area contributed by atoms with E-state index < -0.39 is 0 Å². The Kier molecular flexibility index (Phi) is 11.5. The van der Waals surface area contributed by atoms with Gasteiger partial charge in [0.05, 0.1) is 12.1 Å². The Morgan fingerprint density at radius 1 is 0.338 bits per heavy atom. The van der Waals surface area contributed by atoms with E-state index in [9.17, 15) is 0 Å². The highest BCUT2D eigenvalue weighted by Gasteiger charge is 2.32. The molecule has 68 heavy (non-hydrogen) atoms. The van der Waals surface area contributed by atoms with E-state index in [0.29, 0.717) is 0 Å². The monoisotopic (exact) mass is 876 g/mol. The van der Waals surface area contributed by atoms with E-state index in [2.05, 4.69) is 280 Å². The van der Waals surface area contributed by atoms with Crippen molar-refractivity contribution in [3.8, 4) is 0 Å². The quantitative estimate of drug-likeness (QED) is 0.0998. The van der Waals surface area contributed by atoms with Crippen LogP contribution in [0.2, 0.25) is 0 Å². The summed E-state index contributed by atoms with van der Waals surface area (Å²) in [5.41, 5.74) is 17.4. The first-order chi connectivity index (χ1) is 33.3. The van der Waals surface area contributed by atoms with E-state index in [1.807, 2.05) is 0 Å². The summed E-state index contributed by atoms with van der Waals surface area (Å²) in [6.07, 6.45) is 36.2. The molecule has 0 bridgehead atoms. The maximum absolute atomic E-state index is 2.49. The van der Waals surface area contributed by atoms with Crippen molar-refractivity contribution in [3.05, 3.63) is 274 Å². The molecule has 0 fully saturated rings. The lowest BCUT2D eigenvalue weighted by molar-refractivity contribution is 0.634. The van der Waals surface area contributed by atoms with Crippen molar-refractivity contribution in [1.82, 2.24) is 0 Å². The van der Waals surface area contributed by atoms with E-state index in [4.69, 9.17) is 0 Å². The molecule has 0 N–H and O–H groups in total. The SMILES string of the molecule is CC1=C2C=CC=CC2C(N(c2ccc(C)cc2)c2ccc(/C=C\c3ccc4ccc5ccc(/C=C\c6ccc(N(c7ccc(C)cc7)C7C=CC(C)=C8C=CC=CC87)cc6)cc5c4c3)cc2)C=C1. The van der Waals surface area contributed by atoms with Crippen LogP contribution in [-0.4, -0.2) is 12.1 Å². The molecule has 330 valence electrons. The average Bonchev–Trinajstić information content (AvgIpc) is 3.38. The number of aryl methyl sites for hydroxylation is 2. The predicted octanol–water partition coefficient (Wildman–Crippen LogP) is 17.2. The van der Waals surface area contributed by atoms with Gasteiger partial charge in [0, 0.05) is 34.6 Å². The number of rotatable bonds is 10. The molecule has 0 aliphatic heterocycles. The number of anilines is 4. The van der Waals surface area contributed by atoms with Crippen LogP contribution in [0.1, 0.15) is 47.2 Å². The van der Waals surface area contributed by atoms with Crippen molar-refractivity contribution in [2.24, 2.45) is 11.8 Å². The first kappa shape index (κ1) is 42.7. The molecule has 4 aliphatic rings. The fourth-order valence-electron chi connectivity index (χ4n) is 10.5. The minimum Gasteiger partial charge on any atom is -0.334 e. The van der Waals surface area contributed by atoms with Crippen LogP contribution in [-0.2, 0) is 0 Å². The normalized spacial score (nSPS) is 19.5. The zero-order valence-corrected chi connectivity index (χ0v) is 39.3. The Hall–Kier alpha value is -7.94. The summed E-state index contributed by atoms with van der Waals surface area (Å²) in [5.74, 6) is 0.573. The largest absolute Gasteiger partial charge is 0.334 e. The van der Waals surface area contributed by atoms with Crippen molar-refractivity contribution in [2.45, 2.75) is 39.8 Å². The van der Waals surface area contributed by atoms with Gasteiger partial charge in [0.1, 0.15) is 0 Å². The molecular formula is C66H56N2. The molecule has 4 aliphatic carbocycles. The second-order valence-electron chi connectivity index (χ2n) is 18.8. The van der Waals surface area contributed by atoms with Crippen LogP contribution in [0.5, 0.6) is 0 Å². The molecular weight excluding hydrogens is 821 g/mol. The number of fused-ring (bicyclic) bond motifs is 5. The van der Waals surface area contributed by atoms with Gasteiger partial charge in [0.15, 0.2) is 0 Å². The van der Waals surface area contributed by atoms with Gasteiger partial charge in [-0.1, -0.05) is 193 Å². The fraction of sp³-hybridized carbons (Fsp3) is 0.121. The highest BCUT2D eigenvalue weighted by Crippen LogP contribution is 2.41. The Morgan fingerprint density at radius 2 is 0.676 bits per heavy atom. The third kappa shape index (κ3) is 8.51. The fourth-order valence-corrected chi connectivity index (χ4v) is 10.5. The lowest BCUT2D eigenvalue weighted by Crippen LogP contribution is -2.38. The van der Waals surface area contributed by atoms with E-state index in [0.717, 1.165) is 0 Å². The smallest absolute Gasteiger partial charge is 0.0628 e. The second-order valence-corrected chi connectivity index (χ2v) is 18.8. The molecule has 7 aromatic carbocycles. The van der Waals surface area contributed by atoms with Crippen molar-refractivity contribution in [3.63, 3.8) is 0 Å². The van der Waals surface area contributed by atoms with Gasteiger partial charge >= 0.3 is 0 Å². The number of hydrogen-bond donors (Lipinski definition) is 0. The molecule has 0 spiro atoms. The molecule has 0 radical (unpaired) electrons. The van der Waals surface area contributed by atoms with Crippen LogP contribution >= 0.6 is 0 Å². The van der Waals surface area contributed by atoms with Crippen molar-refractivity contribution in [2.75, 3.05) is 9.80 Å². The van der Waals surface area contributed by atoms with E-state index in [-0.39, 0.29) is 23.9 Å². The Morgan fingerprint density at radius 3 is 1.07 bits per heavy atom. The summed E-state index contributed by atoms with van der Waals surface area (Å²) in [6, 6.07) is 54.4. The van der Waals surface area contributed by atoms with Crippen LogP contribution in [0.25, 0.3) is 45.8 Å². The summed E-state index contributed by atoms with van der Waals surface area (Å²) in [6.45, 7) is 8.75. The maximum Gasteiger partial charge on any atom is 0.0628 e. The third-order valence-corrected chi connectivity index (χ3v) is 14.2. The molecule has 0 heterocycles. The summed E-state index contributed by atoms with van der Waals surface area (Å²) in [5, 5.41) is 4.99. The van der Waals surface area contributed by atoms with Gasteiger partial charge in [-0.05, 0) is 154 Å². The molecule has 0 amide bonds. The molecule has 0 saturated carbocycles. The standard InChI is InChI=1S/C66H56N2/c1-45-13-33-55(34-14-45)67(65-41-17-47(3)59-9-5-7-11-61(59)65)57-37-25-49(26-38-57)19-21-51-23-29-53-31-32-54-30-24-52(44-64(54)63(53)43-51)22-20-50-27-39-58(40-28-50)68(56-35-15-46(2)16-36-56)66-42-18-48(4)60-10-6-8-12-62(60)66/h5-44,61-62,65-66H,1-4H3/b21-19-,22-20-. The van der Waals surface area contributed by atoms with Crippen molar-refractivity contribution >= 4 is 68.6 Å². The Bertz CT molecular complexity index is 3130. The van der Waals surface area contributed by atoms with Gasteiger partial charge in [-0.3, -0.25) is 0 Å². The third-order valence-electron chi connectivity index (χ3n) is 14.2. The maximum atomic E-state index is 2.49. The number of benzene rings is 7. The van der Waals surface area contributed by atoms with E-state index in [1.54, 1.807) is 0 Å². The molecule has 2 nitrogen and oxygen atoms in total. The summed E-state index contributed by atoms with van der Waals surface area (Å²) >= 11 is 0. The van der Waals surface area contributed by atoms with Gasteiger partial charge in [0.2, 0.25) is 0 Å². The van der Waals surface area contributed by atoms with Crippen LogP contribution < -0.4 is 9.80 Å². The van der Waals surface area contributed by atoms with Gasteiger partial charge in [-0.25, -0.2) is 0 Å². The lowest BCUT2D eigenvalue weighted by Gasteiger charge is -2.39. The summed E-state index contributed by atoms with van der Waals surface area (Å²) in [7, 11) is 0. The molecule has 4 atom stereocenters. The number of allylic oxidation sites excluding steroid dienone is 10. The highest BCUT2D eigenvalue weighted by atomic mass is 15.2. The first-order valence-corrected chi connectivity index (χ1v) is 24.1. The van der Waals surface area contributed by atoms with Crippen LogP contribution in [0, 0.1) is 25.7 Å². The molecule has 0 aromatic heterocycles. The van der Waals surface area contributed by atoms with Gasteiger partial charge in [0.25, 0.3) is 0 Å². The van der Waals surface area contributed by atoms with E-state index >= 15 is 0 Å². The Labute approximate surface area is 402 Å². The minimum absolute atomic E-state index is 0.169. The molecule has 7 aromatic rings. The topological polar surface area (TPSA) is 6.48 Å². The zero-order valence-electron chi connectivity index (χ0n) is 39.3. The number of hydrogen-bond acceptors (Lipinski definition) is 2. The second kappa shape index (κ2) is 18.4. The van der Waals surface area contributed by atoms with Crippen molar-refractivity contribution in [1.29, 1.82) is 0 Å². The predicted molar refractivity (Wildman–Crippen MR) is 294 cm³/mol. The van der Waals surface area contributed by atoms with Crippen LogP contribution in [0.3, 0.4) is 0 Å². The molecule has 4 unspecified atom stereocenters. The summed E-state index contributed by atoms with van der Waals surface area (Å²) in [4.78, 5) is 4.99. The molecule has 0 saturated heterocycles. The highest BCUT2D eigenvalue weighted by molar-refractivity contribution is 6.09. The molecule has 11 rings (SSSR count). The lowest BCUT2D eigenvalue weighted by atomic mass is 9.80. The van der Waals surface area contributed by atoms with Gasteiger partial charge < -0.3 is 9.80 Å². The average molecular weight is 877 g/mol. The minimum atomic E-state index is 0.169. The molecule has 2 heteroatoms. The zero-order chi connectivity index (χ0) is 46.1. The summed E-state index contributed by atoms with van der Waals surface area (Å²) < 4.78 is 0. The number of nitrogens with zero attached hydrogens (tertiary/aromatic N) is 2. The van der Waals surface area contributed by atoms with Gasteiger partial charge in [-0.2, -0.15) is 0 Å². The van der Waals surface area contributed by atoms with Gasteiger partial charge in [-0.15, -0.1) is 0 Å². The van der Waals surface area contributed by atoms with E-state index in [1.165, 1.54) is 100.0 Å². The van der Waals surface area contributed by atoms with Crippen LogP contribution in [0.4, 0.5) is 22.7 Å². The van der Waals surface area contributed by atoms with Crippen LogP contribution in [0.15, 0.2) is 241 Å². The first-order valence-electron chi connectivity index (χ1n) is 24.1.